The van der Waals surface area contributed by atoms with Crippen molar-refractivity contribution >= 4 is 11.9 Å². The number of carbonyl (C=O) groups is 2. The largest absolute Gasteiger partial charge is 0.480 e. The number of hydrogen-bond acceptors (Lipinski definition) is 3. The van der Waals surface area contributed by atoms with Crippen LogP contribution in [0.25, 0.3) is 0 Å². The summed E-state index contributed by atoms with van der Waals surface area (Å²) in [6.45, 7) is 6.04. The van der Waals surface area contributed by atoms with Gasteiger partial charge in [0, 0.05) is 6.04 Å². The van der Waals surface area contributed by atoms with Crippen LogP contribution in [0.4, 0.5) is 0 Å². The highest BCUT2D eigenvalue weighted by atomic mass is 16.4. The summed E-state index contributed by atoms with van der Waals surface area (Å²) in [5.41, 5.74) is -0.702. The fourth-order valence-corrected chi connectivity index (χ4v) is 2.60. The number of rotatable bonds is 6. The third-order valence-electron chi connectivity index (χ3n) is 3.49. The van der Waals surface area contributed by atoms with Crippen LogP contribution in [0, 0.1) is 0 Å². The summed E-state index contributed by atoms with van der Waals surface area (Å²) in [4.78, 5) is 25.0. The summed E-state index contributed by atoms with van der Waals surface area (Å²) in [7, 11) is 0. The van der Waals surface area contributed by atoms with E-state index in [2.05, 4.69) is 5.32 Å². The van der Waals surface area contributed by atoms with Gasteiger partial charge in [-0.05, 0) is 33.2 Å². The van der Waals surface area contributed by atoms with E-state index in [-0.39, 0.29) is 18.5 Å². The minimum atomic E-state index is -0.942. The Morgan fingerprint density at radius 3 is 2.33 bits per heavy atom. The molecule has 0 saturated heterocycles. The molecule has 1 saturated carbocycles. The maximum atomic E-state index is 12.5. The number of hydrogen-bond donors (Lipinski definition) is 2. The van der Waals surface area contributed by atoms with Gasteiger partial charge in [0.15, 0.2) is 0 Å². The van der Waals surface area contributed by atoms with Gasteiger partial charge in [-0.15, -0.1) is 0 Å². The van der Waals surface area contributed by atoms with Crippen molar-refractivity contribution in [2.45, 2.75) is 58.0 Å². The van der Waals surface area contributed by atoms with Crippen LogP contribution in [0.15, 0.2) is 0 Å². The van der Waals surface area contributed by atoms with E-state index in [0.717, 1.165) is 25.7 Å². The lowest BCUT2D eigenvalue weighted by molar-refractivity contribution is -0.149. The molecule has 0 aliphatic heterocycles. The van der Waals surface area contributed by atoms with Crippen LogP contribution in [0.5, 0.6) is 0 Å². The fourth-order valence-electron chi connectivity index (χ4n) is 2.60. The first kappa shape index (κ1) is 15.0. The maximum Gasteiger partial charge on any atom is 0.323 e. The Morgan fingerprint density at radius 2 is 1.89 bits per heavy atom. The molecule has 0 bridgehead atoms. The highest BCUT2D eigenvalue weighted by molar-refractivity contribution is 5.88. The number of nitrogens with one attached hydrogen (secondary N) is 1. The number of likely N-dealkylation sites (N-methyl/N-ethyl adjacent to an activating group) is 1. The van der Waals surface area contributed by atoms with E-state index in [0.29, 0.717) is 6.54 Å². The van der Waals surface area contributed by atoms with Crippen molar-refractivity contribution in [3.63, 3.8) is 0 Å². The SMILES string of the molecule is CCNC(C)(C)C(=O)N(CC(=O)O)C1CCCC1. The van der Waals surface area contributed by atoms with Crippen LogP contribution in [-0.2, 0) is 9.59 Å². The molecule has 1 aliphatic rings. The van der Waals surface area contributed by atoms with Crippen molar-refractivity contribution in [2.24, 2.45) is 0 Å². The van der Waals surface area contributed by atoms with Gasteiger partial charge in [-0.25, -0.2) is 0 Å². The first-order chi connectivity index (χ1) is 8.38. The van der Waals surface area contributed by atoms with Crippen LogP contribution in [0.1, 0.15) is 46.5 Å². The van der Waals surface area contributed by atoms with Gasteiger partial charge in [-0.1, -0.05) is 19.8 Å². The maximum absolute atomic E-state index is 12.5. The standard InChI is InChI=1S/C13H24N2O3/c1-4-14-13(2,3)12(18)15(9-11(16)17)10-7-5-6-8-10/h10,14H,4-9H2,1-3H3,(H,16,17). The molecule has 1 fully saturated rings. The van der Waals surface area contributed by atoms with Gasteiger partial charge < -0.3 is 15.3 Å². The molecule has 18 heavy (non-hydrogen) atoms. The normalized spacial score (nSPS) is 16.8. The van der Waals surface area contributed by atoms with E-state index in [9.17, 15) is 9.59 Å². The van der Waals surface area contributed by atoms with Crippen LogP contribution < -0.4 is 5.32 Å². The molecular formula is C13H24N2O3. The van der Waals surface area contributed by atoms with E-state index >= 15 is 0 Å². The zero-order valence-electron chi connectivity index (χ0n) is 11.5. The molecule has 2 N–H and O–H groups in total. The number of nitrogens with zero attached hydrogens (tertiary/aromatic N) is 1. The van der Waals surface area contributed by atoms with Gasteiger partial charge >= 0.3 is 5.97 Å². The predicted molar refractivity (Wildman–Crippen MR) is 69.4 cm³/mol. The molecule has 0 atom stereocenters. The molecule has 0 heterocycles. The van der Waals surface area contributed by atoms with Gasteiger partial charge in [0.1, 0.15) is 6.54 Å². The number of carboxylic acids is 1. The molecule has 0 spiro atoms. The minimum absolute atomic E-state index is 0.0894. The van der Waals surface area contributed by atoms with E-state index in [4.69, 9.17) is 5.11 Å². The van der Waals surface area contributed by atoms with E-state index in [1.807, 2.05) is 20.8 Å². The highest BCUT2D eigenvalue weighted by Crippen LogP contribution is 2.25. The summed E-state index contributed by atoms with van der Waals surface area (Å²) in [5, 5.41) is 12.1. The highest BCUT2D eigenvalue weighted by Gasteiger charge is 2.36. The second-order valence-corrected chi connectivity index (χ2v) is 5.42. The molecule has 5 heteroatoms. The quantitative estimate of drug-likeness (QED) is 0.750. The van der Waals surface area contributed by atoms with Crippen molar-refractivity contribution in [3.05, 3.63) is 0 Å². The van der Waals surface area contributed by atoms with E-state index < -0.39 is 11.5 Å². The first-order valence-corrected chi connectivity index (χ1v) is 6.66. The van der Waals surface area contributed by atoms with Crippen molar-refractivity contribution in [1.82, 2.24) is 10.2 Å². The summed E-state index contributed by atoms with van der Waals surface area (Å²) < 4.78 is 0. The molecule has 0 aromatic heterocycles. The van der Waals surface area contributed by atoms with Crippen LogP contribution in [0.3, 0.4) is 0 Å². The molecular weight excluding hydrogens is 232 g/mol. The van der Waals surface area contributed by atoms with Crippen molar-refractivity contribution < 1.29 is 14.7 Å². The average molecular weight is 256 g/mol. The zero-order chi connectivity index (χ0) is 13.8. The molecule has 5 nitrogen and oxygen atoms in total. The van der Waals surface area contributed by atoms with Crippen molar-refractivity contribution in [2.75, 3.05) is 13.1 Å². The Balaban J connectivity index is 2.81. The third-order valence-corrected chi connectivity index (χ3v) is 3.49. The Labute approximate surface area is 109 Å². The topological polar surface area (TPSA) is 69.6 Å². The lowest BCUT2D eigenvalue weighted by Gasteiger charge is -2.35. The van der Waals surface area contributed by atoms with Crippen LogP contribution in [0.2, 0.25) is 0 Å². The second-order valence-electron chi connectivity index (χ2n) is 5.42. The molecule has 0 radical (unpaired) electrons. The lowest BCUT2D eigenvalue weighted by atomic mass is 10.0. The second kappa shape index (κ2) is 6.18. The molecule has 1 rings (SSSR count). The fraction of sp³-hybridized carbons (Fsp3) is 0.846. The number of carboxylic acid groups (broad SMARTS) is 1. The molecule has 0 unspecified atom stereocenters. The van der Waals surface area contributed by atoms with Gasteiger partial charge in [0.25, 0.3) is 0 Å². The number of carbonyl (C=O) groups excluding carboxylic acids is 1. The van der Waals surface area contributed by atoms with Gasteiger partial charge in [0.05, 0.1) is 5.54 Å². The van der Waals surface area contributed by atoms with Crippen LogP contribution >= 0.6 is 0 Å². The molecule has 1 aliphatic carbocycles. The summed E-state index contributed by atoms with van der Waals surface area (Å²) >= 11 is 0. The molecule has 1 amide bonds. The molecule has 0 aromatic carbocycles. The third kappa shape index (κ3) is 3.70. The van der Waals surface area contributed by atoms with E-state index in [1.54, 1.807) is 0 Å². The van der Waals surface area contributed by atoms with Crippen molar-refractivity contribution in [3.8, 4) is 0 Å². The summed E-state index contributed by atoms with van der Waals surface area (Å²) in [6.07, 6.45) is 3.99. The lowest BCUT2D eigenvalue weighted by Crippen LogP contribution is -2.57. The van der Waals surface area contributed by atoms with Gasteiger partial charge in [0.2, 0.25) is 5.91 Å². The zero-order valence-corrected chi connectivity index (χ0v) is 11.5. The van der Waals surface area contributed by atoms with Crippen LogP contribution in [-0.4, -0.2) is 46.6 Å². The van der Waals surface area contributed by atoms with Gasteiger partial charge in [-0.3, -0.25) is 9.59 Å². The Hall–Kier alpha value is -1.10. The summed E-state index contributed by atoms with van der Waals surface area (Å²) in [6, 6.07) is 0.0894. The predicted octanol–water partition coefficient (Wildman–Crippen LogP) is 1.23. The number of amides is 1. The smallest absolute Gasteiger partial charge is 0.323 e. The summed E-state index contributed by atoms with van der Waals surface area (Å²) in [5.74, 6) is -1.05. The van der Waals surface area contributed by atoms with Gasteiger partial charge in [-0.2, -0.15) is 0 Å². The Morgan fingerprint density at radius 1 is 1.33 bits per heavy atom. The average Bonchev–Trinajstić information content (AvgIpc) is 2.77. The molecule has 104 valence electrons. The Bertz CT molecular complexity index is 309. The van der Waals surface area contributed by atoms with E-state index in [1.165, 1.54) is 4.90 Å². The minimum Gasteiger partial charge on any atom is -0.480 e. The molecule has 0 aromatic rings. The monoisotopic (exact) mass is 256 g/mol. The Kier molecular flexibility index (Phi) is 5.14. The number of aliphatic carboxylic acids is 1. The van der Waals surface area contributed by atoms with Crippen molar-refractivity contribution in [1.29, 1.82) is 0 Å². The first-order valence-electron chi connectivity index (χ1n) is 6.66.